The third-order valence-corrected chi connectivity index (χ3v) is 3.49. The summed E-state index contributed by atoms with van der Waals surface area (Å²) in [6, 6.07) is 3.59. The molecule has 0 aromatic carbocycles. The van der Waals surface area contributed by atoms with Gasteiger partial charge in [0.25, 0.3) is 0 Å². The number of thioether (sulfide) groups is 1. The highest BCUT2D eigenvalue weighted by atomic mass is 32.2. The van der Waals surface area contributed by atoms with Crippen LogP contribution in [0, 0.1) is 22.7 Å². The first-order valence-electron chi connectivity index (χ1n) is 4.14. The van der Waals surface area contributed by atoms with Gasteiger partial charge in [-0.1, -0.05) is 18.7 Å². The minimum absolute atomic E-state index is 0.0156. The van der Waals surface area contributed by atoms with E-state index < -0.39 is 0 Å². The number of amides is 1. The van der Waals surface area contributed by atoms with Gasteiger partial charge < -0.3 is 4.90 Å². The molecule has 5 heteroatoms. The van der Waals surface area contributed by atoms with Crippen LogP contribution in [0.15, 0.2) is 10.6 Å². The van der Waals surface area contributed by atoms with Gasteiger partial charge in [0.05, 0.1) is 5.25 Å². The van der Waals surface area contributed by atoms with Gasteiger partial charge in [-0.25, -0.2) is 0 Å². The van der Waals surface area contributed by atoms with Crippen LogP contribution in [-0.2, 0) is 4.79 Å². The fraction of sp³-hybridized carbons (Fsp3) is 0.444. The van der Waals surface area contributed by atoms with Gasteiger partial charge in [-0.15, -0.1) is 0 Å². The number of hydrogen-bond acceptors (Lipinski definition) is 4. The van der Waals surface area contributed by atoms with Crippen LogP contribution in [0.3, 0.4) is 0 Å². The molecule has 1 amide bonds. The summed E-state index contributed by atoms with van der Waals surface area (Å²) >= 11 is 1.30. The smallest absolute Gasteiger partial charge is 0.240 e. The molecule has 0 aliphatic carbocycles. The van der Waals surface area contributed by atoms with Crippen molar-refractivity contribution in [2.75, 3.05) is 7.05 Å². The Bertz CT molecular complexity index is 358. The SMILES string of the molecule is CCC1SC(=C(C#N)C#N)N(C)C1=O. The van der Waals surface area contributed by atoms with E-state index in [9.17, 15) is 4.79 Å². The van der Waals surface area contributed by atoms with Gasteiger partial charge in [-0.2, -0.15) is 10.5 Å². The van der Waals surface area contributed by atoms with Gasteiger partial charge in [-0.05, 0) is 6.42 Å². The number of nitrogens with zero attached hydrogens (tertiary/aromatic N) is 3. The minimum Gasteiger partial charge on any atom is -0.307 e. The lowest BCUT2D eigenvalue weighted by atomic mass is 10.3. The summed E-state index contributed by atoms with van der Waals surface area (Å²) in [6.07, 6.45) is 0.710. The Morgan fingerprint density at radius 2 is 2.14 bits per heavy atom. The Hall–Kier alpha value is -1.46. The number of nitriles is 2. The highest BCUT2D eigenvalue weighted by Gasteiger charge is 2.34. The summed E-state index contributed by atoms with van der Waals surface area (Å²) in [5.74, 6) is -0.0319. The van der Waals surface area contributed by atoms with Crippen molar-refractivity contribution >= 4 is 17.7 Å². The molecular formula is C9H9N3OS. The second-order valence-corrected chi connectivity index (χ2v) is 4.01. The van der Waals surface area contributed by atoms with E-state index in [1.54, 1.807) is 19.2 Å². The van der Waals surface area contributed by atoms with Crippen LogP contribution < -0.4 is 0 Å². The average Bonchev–Trinajstić information content (AvgIpc) is 2.48. The number of carbonyl (C=O) groups is 1. The molecule has 1 aliphatic heterocycles. The molecule has 14 heavy (non-hydrogen) atoms. The molecule has 1 unspecified atom stereocenters. The van der Waals surface area contributed by atoms with E-state index in [0.717, 1.165) is 0 Å². The summed E-state index contributed by atoms with van der Waals surface area (Å²) < 4.78 is 0. The van der Waals surface area contributed by atoms with Gasteiger partial charge in [0, 0.05) is 7.05 Å². The van der Waals surface area contributed by atoms with Crippen LogP contribution in [0.5, 0.6) is 0 Å². The van der Waals surface area contributed by atoms with Crippen molar-refractivity contribution in [1.29, 1.82) is 10.5 Å². The topological polar surface area (TPSA) is 67.9 Å². The molecule has 0 spiro atoms. The van der Waals surface area contributed by atoms with Gasteiger partial charge in [0.2, 0.25) is 5.91 Å². The lowest BCUT2D eigenvalue weighted by Crippen LogP contribution is -2.24. The maximum atomic E-state index is 11.5. The zero-order chi connectivity index (χ0) is 10.7. The molecule has 1 fully saturated rings. The number of allylic oxidation sites excluding steroid dienone is 1. The van der Waals surface area contributed by atoms with E-state index in [1.807, 2.05) is 6.92 Å². The lowest BCUT2D eigenvalue weighted by Gasteiger charge is -2.08. The second-order valence-electron chi connectivity index (χ2n) is 2.82. The quantitative estimate of drug-likeness (QED) is 0.606. The maximum absolute atomic E-state index is 11.5. The molecule has 1 rings (SSSR count). The zero-order valence-electron chi connectivity index (χ0n) is 7.94. The average molecular weight is 207 g/mol. The molecule has 0 bridgehead atoms. The van der Waals surface area contributed by atoms with Crippen LogP contribution in [0.2, 0.25) is 0 Å². The van der Waals surface area contributed by atoms with E-state index in [0.29, 0.717) is 11.4 Å². The van der Waals surface area contributed by atoms with E-state index >= 15 is 0 Å². The van der Waals surface area contributed by atoms with E-state index in [1.165, 1.54) is 16.7 Å². The second kappa shape index (κ2) is 4.17. The highest BCUT2D eigenvalue weighted by molar-refractivity contribution is 8.04. The third kappa shape index (κ3) is 1.59. The Morgan fingerprint density at radius 1 is 1.57 bits per heavy atom. The predicted octanol–water partition coefficient (Wildman–Crippen LogP) is 1.23. The highest BCUT2D eigenvalue weighted by Crippen LogP contribution is 2.37. The minimum atomic E-state index is -0.147. The standard InChI is InChI=1S/C9H9N3OS/c1-3-7-8(13)12(2)9(14-7)6(4-10)5-11/h7H,3H2,1-2H3. The van der Waals surface area contributed by atoms with Crippen molar-refractivity contribution in [2.45, 2.75) is 18.6 Å². The molecule has 4 nitrogen and oxygen atoms in total. The van der Waals surface area contributed by atoms with Crippen molar-refractivity contribution in [3.63, 3.8) is 0 Å². The zero-order valence-corrected chi connectivity index (χ0v) is 8.76. The third-order valence-electron chi connectivity index (χ3n) is 1.97. The first-order chi connectivity index (χ1) is 6.65. The largest absolute Gasteiger partial charge is 0.307 e. The molecule has 0 aromatic heterocycles. The molecule has 0 radical (unpaired) electrons. The van der Waals surface area contributed by atoms with Crippen LogP contribution in [0.1, 0.15) is 13.3 Å². The molecule has 1 atom stereocenters. The molecule has 1 aliphatic rings. The van der Waals surface area contributed by atoms with Gasteiger partial charge in [0.15, 0.2) is 5.57 Å². The summed E-state index contributed by atoms with van der Waals surface area (Å²) in [5.41, 5.74) is 0.0156. The predicted molar refractivity (Wildman–Crippen MR) is 52.7 cm³/mol. The monoisotopic (exact) mass is 207 g/mol. The van der Waals surface area contributed by atoms with E-state index in [4.69, 9.17) is 10.5 Å². The van der Waals surface area contributed by atoms with Crippen molar-refractivity contribution in [3.8, 4) is 12.1 Å². The number of rotatable bonds is 1. The van der Waals surface area contributed by atoms with Crippen LogP contribution in [0.4, 0.5) is 0 Å². The van der Waals surface area contributed by atoms with Gasteiger partial charge in [-0.3, -0.25) is 4.79 Å². The summed E-state index contributed by atoms with van der Waals surface area (Å²) in [5, 5.41) is 17.7. The fourth-order valence-corrected chi connectivity index (χ4v) is 2.34. The fourth-order valence-electron chi connectivity index (χ4n) is 1.19. The first kappa shape index (κ1) is 10.6. The van der Waals surface area contributed by atoms with Crippen molar-refractivity contribution in [2.24, 2.45) is 0 Å². The Labute approximate surface area is 86.8 Å². The van der Waals surface area contributed by atoms with Crippen molar-refractivity contribution in [3.05, 3.63) is 10.6 Å². The Balaban J connectivity index is 3.09. The maximum Gasteiger partial charge on any atom is 0.240 e. The molecule has 0 saturated carbocycles. The summed E-state index contributed by atoms with van der Waals surface area (Å²) in [4.78, 5) is 12.9. The van der Waals surface area contributed by atoms with E-state index in [2.05, 4.69) is 0 Å². The Kier molecular flexibility index (Phi) is 3.16. The van der Waals surface area contributed by atoms with Crippen LogP contribution in [0.25, 0.3) is 0 Å². The summed E-state index contributed by atoms with van der Waals surface area (Å²) in [6.45, 7) is 1.91. The number of hydrogen-bond donors (Lipinski definition) is 0. The van der Waals surface area contributed by atoms with E-state index in [-0.39, 0.29) is 16.7 Å². The van der Waals surface area contributed by atoms with Crippen molar-refractivity contribution < 1.29 is 4.79 Å². The molecule has 0 N–H and O–H groups in total. The normalized spacial score (nSPS) is 20.6. The van der Waals surface area contributed by atoms with Crippen LogP contribution >= 0.6 is 11.8 Å². The Morgan fingerprint density at radius 3 is 2.50 bits per heavy atom. The first-order valence-corrected chi connectivity index (χ1v) is 5.02. The van der Waals surface area contributed by atoms with Crippen LogP contribution in [-0.4, -0.2) is 23.1 Å². The molecule has 1 heterocycles. The van der Waals surface area contributed by atoms with Gasteiger partial charge >= 0.3 is 0 Å². The van der Waals surface area contributed by atoms with Gasteiger partial charge in [0.1, 0.15) is 17.2 Å². The molecule has 72 valence electrons. The summed E-state index contributed by atoms with van der Waals surface area (Å²) in [7, 11) is 1.59. The molecule has 1 saturated heterocycles. The van der Waals surface area contributed by atoms with Crippen molar-refractivity contribution in [1.82, 2.24) is 4.90 Å². The number of carbonyl (C=O) groups excluding carboxylic acids is 1. The molecular weight excluding hydrogens is 198 g/mol. The lowest BCUT2D eigenvalue weighted by molar-refractivity contribution is -0.126. The molecule has 0 aromatic rings.